The predicted octanol–water partition coefficient (Wildman–Crippen LogP) is 4.98. The van der Waals surface area contributed by atoms with E-state index in [-0.39, 0.29) is 11.8 Å². The number of aromatic nitrogens is 1. The van der Waals surface area contributed by atoms with Crippen LogP contribution in [0.2, 0.25) is 0 Å². The van der Waals surface area contributed by atoms with E-state index < -0.39 is 17.7 Å². The van der Waals surface area contributed by atoms with Crippen LogP contribution in [0.1, 0.15) is 41.0 Å². The third kappa shape index (κ3) is 6.67. The molecule has 0 saturated carbocycles. The lowest BCUT2D eigenvalue weighted by Crippen LogP contribution is -2.46. The summed E-state index contributed by atoms with van der Waals surface area (Å²) in [6.07, 6.45) is 2.84. The minimum absolute atomic E-state index is 0.214. The molecule has 28 heavy (non-hydrogen) atoms. The third-order valence-electron chi connectivity index (χ3n) is 3.65. The maximum Gasteiger partial charge on any atom is 0.408 e. The average Bonchev–Trinajstić information content (AvgIpc) is 3.06. The fourth-order valence-electron chi connectivity index (χ4n) is 2.52. The summed E-state index contributed by atoms with van der Waals surface area (Å²) in [5.41, 5.74) is 0.783. The lowest BCUT2D eigenvalue weighted by molar-refractivity contribution is -0.118. The van der Waals surface area contributed by atoms with Gasteiger partial charge in [0.1, 0.15) is 11.6 Å². The number of carbonyl (C=O) groups excluding carboxylic acids is 2. The number of hydrogen-bond donors (Lipinski definition) is 2. The highest BCUT2D eigenvalue weighted by molar-refractivity contribution is 9.10. The lowest BCUT2D eigenvalue weighted by Gasteiger charge is -2.24. The van der Waals surface area contributed by atoms with E-state index in [1.54, 1.807) is 39.1 Å². The second-order valence-electron chi connectivity index (χ2n) is 7.88. The van der Waals surface area contributed by atoms with Crippen LogP contribution in [-0.2, 0) is 9.53 Å². The normalized spacial score (nSPS) is 12.5. The van der Waals surface area contributed by atoms with Gasteiger partial charge in [0, 0.05) is 15.7 Å². The molecule has 8 heteroatoms. The number of anilines is 1. The number of ether oxygens (including phenoxy) is 1. The minimum Gasteiger partial charge on any atom is -0.444 e. The highest BCUT2D eigenvalue weighted by Gasteiger charge is 2.25. The lowest BCUT2D eigenvalue weighted by atomic mass is 10.0. The maximum absolute atomic E-state index is 12.7. The first-order chi connectivity index (χ1) is 13.0. The quantitative estimate of drug-likeness (QED) is 0.645. The number of nitrogens with one attached hydrogen (secondary N) is 2. The Bertz CT molecular complexity index is 813. The van der Waals surface area contributed by atoms with Gasteiger partial charge < -0.3 is 19.8 Å². The summed E-state index contributed by atoms with van der Waals surface area (Å²) in [7, 11) is 0. The van der Waals surface area contributed by atoms with E-state index in [0.717, 1.165) is 10.0 Å². The Kier molecular flexibility index (Phi) is 7.23. The molecular weight excluding hydrogens is 426 g/mol. The van der Waals surface area contributed by atoms with E-state index in [0.29, 0.717) is 17.9 Å². The molecular formula is C20H26BrN3O4. The van der Waals surface area contributed by atoms with Gasteiger partial charge >= 0.3 is 6.09 Å². The number of amides is 2. The van der Waals surface area contributed by atoms with Crippen molar-refractivity contribution >= 4 is 33.6 Å². The number of halogens is 1. The number of nitrogens with zero attached hydrogens (tertiary/aromatic N) is 1. The molecule has 0 radical (unpaired) electrons. The number of benzene rings is 1. The van der Waals surface area contributed by atoms with Gasteiger partial charge in [0.15, 0.2) is 12.2 Å². The summed E-state index contributed by atoms with van der Waals surface area (Å²) in [6, 6.07) is 4.65. The van der Waals surface area contributed by atoms with Crippen molar-refractivity contribution in [1.29, 1.82) is 0 Å². The van der Waals surface area contributed by atoms with Crippen molar-refractivity contribution in [1.82, 2.24) is 10.3 Å². The van der Waals surface area contributed by atoms with Crippen LogP contribution in [0.3, 0.4) is 0 Å². The molecule has 152 valence electrons. The molecule has 0 aliphatic heterocycles. The van der Waals surface area contributed by atoms with Crippen LogP contribution in [0.25, 0.3) is 11.3 Å². The van der Waals surface area contributed by atoms with Crippen LogP contribution in [0.15, 0.2) is 39.7 Å². The zero-order chi connectivity index (χ0) is 20.9. The van der Waals surface area contributed by atoms with Crippen LogP contribution in [0, 0.1) is 5.92 Å². The molecule has 2 aromatic rings. The second kappa shape index (κ2) is 9.23. The molecule has 1 heterocycles. The van der Waals surface area contributed by atoms with E-state index in [2.05, 4.69) is 31.5 Å². The van der Waals surface area contributed by atoms with Crippen molar-refractivity contribution in [3.05, 3.63) is 35.3 Å². The van der Waals surface area contributed by atoms with Crippen molar-refractivity contribution in [2.75, 3.05) is 5.32 Å². The number of carbonyl (C=O) groups is 2. The minimum atomic E-state index is -0.706. The van der Waals surface area contributed by atoms with Crippen LogP contribution in [-0.4, -0.2) is 28.6 Å². The molecule has 0 aliphatic carbocycles. The average molecular weight is 452 g/mol. The zero-order valence-electron chi connectivity index (χ0n) is 16.7. The van der Waals surface area contributed by atoms with E-state index >= 15 is 0 Å². The van der Waals surface area contributed by atoms with Crippen molar-refractivity contribution in [2.45, 2.75) is 52.7 Å². The molecule has 0 fully saturated rings. The van der Waals surface area contributed by atoms with E-state index in [1.807, 2.05) is 19.9 Å². The van der Waals surface area contributed by atoms with Gasteiger partial charge in [-0.2, -0.15) is 0 Å². The third-order valence-corrected chi connectivity index (χ3v) is 4.31. The largest absolute Gasteiger partial charge is 0.444 e. The van der Waals surface area contributed by atoms with Gasteiger partial charge in [-0.25, -0.2) is 9.78 Å². The summed E-state index contributed by atoms with van der Waals surface area (Å²) in [5.74, 6) is 0.527. The number of rotatable bonds is 6. The Morgan fingerprint density at radius 2 is 2.00 bits per heavy atom. The first-order valence-corrected chi connectivity index (χ1v) is 9.83. The van der Waals surface area contributed by atoms with Gasteiger partial charge in [-0.15, -0.1) is 0 Å². The molecule has 0 aliphatic rings. The van der Waals surface area contributed by atoms with Crippen molar-refractivity contribution < 1.29 is 18.7 Å². The fourth-order valence-corrected chi connectivity index (χ4v) is 3.10. The maximum atomic E-state index is 12.7. The number of oxazole rings is 1. The molecule has 2 amide bonds. The van der Waals surface area contributed by atoms with Gasteiger partial charge in [0.2, 0.25) is 5.91 Å². The summed E-state index contributed by atoms with van der Waals surface area (Å²) in [4.78, 5) is 28.8. The highest BCUT2D eigenvalue weighted by Crippen LogP contribution is 2.30. The Hall–Kier alpha value is -2.35. The summed E-state index contributed by atoms with van der Waals surface area (Å²) in [5, 5.41) is 5.51. The van der Waals surface area contributed by atoms with Gasteiger partial charge in [0.25, 0.3) is 0 Å². The van der Waals surface area contributed by atoms with Crippen molar-refractivity contribution in [2.24, 2.45) is 5.92 Å². The molecule has 2 N–H and O–H groups in total. The molecule has 0 bridgehead atoms. The van der Waals surface area contributed by atoms with Crippen LogP contribution < -0.4 is 10.6 Å². The monoisotopic (exact) mass is 451 g/mol. The first-order valence-electron chi connectivity index (χ1n) is 9.04. The second-order valence-corrected chi connectivity index (χ2v) is 8.73. The Balaban J connectivity index is 2.10. The molecule has 0 saturated heterocycles. The molecule has 7 nitrogen and oxygen atoms in total. The molecule has 0 unspecified atom stereocenters. The van der Waals surface area contributed by atoms with Crippen molar-refractivity contribution in [3.8, 4) is 11.3 Å². The summed E-state index contributed by atoms with van der Waals surface area (Å²) < 4.78 is 11.3. The van der Waals surface area contributed by atoms with Crippen LogP contribution in [0.4, 0.5) is 10.5 Å². The van der Waals surface area contributed by atoms with Crippen LogP contribution in [0.5, 0.6) is 0 Å². The first kappa shape index (κ1) is 21.9. The summed E-state index contributed by atoms with van der Waals surface area (Å²) in [6.45, 7) is 9.30. The molecule has 2 rings (SSSR count). The predicted molar refractivity (Wildman–Crippen MR) is 111 cm³/mol. The molecule has 1 aromatic heterocycles. The van der Waals surface area contributed by atoms with Gasteiger partial charge in [0.05, 0.1) is 6.20 Å². The van der Waals surface area contributed by atoms with Crippen LogP contribution >= 0.6 is 15.9 Å². The van der Waals surface area contributed by atoms with Gasteiger partial charge in [-0.3, -0.25) is 4.79 Å². The Morgan fingerprint density at radius 3 is 2.54 bits per heavy atom. The number of hydrogen-bond acceptors (Lipinski definition) is 5. The molecule has 1 atom stereocenters. The van der Waals surface area contributed by atoms with E-state index in [4.69, 9.17) is 9.15 Å². The fraction of sp³-hybridized carbons (Fsp3) is 0.450. The zero-order valence-corrected chi connectivity index (χ0v) is 18.3. The Labute approximate surface area is 173 Å². The molecule has 0 spiro atoms. The van der Waals surface area contributed by atoms with E-state index in [1.165, 1.54) is 6.39 Å². The standard InChI is InChI=1S/C20H26BrN3O4/c1-12(2)8-16(24-19(26)28-20(3,4)5)18(25)23-13-6-7-14(15(21)9-13)17-10-22-11-27-17/h6-7,9-12,16H,8H2,1-5H3,(H,23,25)(H,24,26)/t16-/m1/s1. The van der Waals surface area contributed by atoms with Gasteiger partial charge in [-0.1, -0.05) is 13.8 Å². The number of alkyl carbamates (subject to hydrolysis) is 1. The topological polar surface area (TPSA) is 93.5 Å². The SMILES string of the molecule is CC(C)C[C@@H](NC(=O)OC(C)(C)C)C(=O)Nc1ccc(-c2cnco2)c(Br)c1. The van der Waals surface area contributed by atoms with Crippen molar-refractivity contribution in [3.63, 3.8) is 0 Å². The Morgan fingerprint density at radius 1 is 1.29 bits per heavy atom. The van der Waals surface area contributed by atoms with E-state index in [9.17, 15) is 9.59 Å². The van der Waals surface area contributed by atoms with Gasteiger partial charge in [-0.05, 0) is 67.2 Å². The highest BCUT2D eigenvalue weighted by atomic mass is 79.9. The molecule has 1 aromatic carbocycles. The smallest absolute Gasteiger partial charge is 0.408 e. The summed E-state index contributed by atoms with van der Waals surface area (Å²) >= 11 is 3.48.